The number of rotatable bonds is 5. The summed E-state index contributed by atoms with van der Waals surface area (Å²) < 4.78 is 15.5. The molecule has 2 aromatic carbocycles. The number of hydrogen-bond donors (Lipinski definition) is 0. The van der Waals surface area contributed by atoms with Crippen LogP contribution in [0.1, 0.15) is 10.4 Å². The fourth-order valence-electron chi connectivity index (χ4n) is 2.59. The van der Waals surface area contributed by atoms with Crippen molar-refractivity contribution in [2.45, 2.75) is 5.03 Å². The molecule has 128 valence electrons. The van der Waals surface area contributed by atoms with E-state index in [-0.39, 0.29) is 17.1 Å². The Balaban J connectivity index is 1.61. The van der Waals surface area contributed by atoms with Crippen LogP contribution in [0.25, 0.3) is 16.7 Å². The first kappa shape index (κ1) is 16.4. The summed E-state index contributed by atoms with van der Waals surface area (Å²) >= 11 is 1.25. The molecule has 0 spiro atoms. The molecule has 2 heterocycles. The quantitative estimate of drug-likeness (QED) is 0.305. The molecular weight excluding hydrogens is 351 g/mol. The molecule has 0 aliphatic rings. The fourth-order valence-corrected chi connectivity index (χ4v) is 3.44. The van der Waals surface area contributed by atoms with Crippen LogP contribution in [0.5, 0.6) is 0 Å². The molecular formula is C19H13FN4OS. The van der Waals surface area contributed by atoms with Crippen LogP contribution in [0.15, 0.2) is 72.1 Å². The van der Waals surface area contributed by atoms with Gasteiger partial charge in [-0.2, -0.15) is 5.10 Å². The highest BCUT2D eigenvalue weighted by atomic mass is 32.2. The molecule has 0 unspecified atom stereocenters. The molecule has 2 aromatic heterocycles. The molecule has 0 atom stereocenters. The molecule has 0 N–H and O–H groups in total. The highest BCUT2D eigenvalue weighted by Crippen LogP contribution is 2.26. The molecule has 4 aromatic rings. The number of ketones is 1. The fraction of sp³-hybridized carbons (Fsp3) is 0.0526. The summed E-state index contributed by atoms with van der Waals surface area (Å²) in [7, 11) is 0. The van der Waals surface area contributed by atoms with E-state index in [1.807, 2.05) is 30.3 Å². The summed E-state index contributed by atoms with van der Waals surface area (Å²) in [5.74, 6) is -0.707. The largest absolute Gasteiger partial charge is 0.293 e. The number of nitrogens with zero attached hydrogens (tertiary/aromatic N) is 4. The first-order valence-electron chi connectivity index (χ1n) is 7.89. The molecule has 0 fully saturated rings. The van der Waals surface area contributed by atoms with Crippen LogP contribution in [0, 0.1) is 5.82 Å². The lowest BCUT2D eigenvalue weighted by Gasteiger charge is -2.04. The van der Waals surface area contributed by atoms with Gasteiger partial charge in [0.1, 0.15) is 17.2 Å². The number of Topliss-reactive ketones (excluding diaryl/α,β-unsaturated/α-hetero) is 1. The molecule has 0 saturated heterocycles. The van der Waals surface area contributed by atoms with E-state index in [4.69, 9.17) is 0 Å². The van der Waals surface area contributed by atoms with Crippen molar-refractivity contribution in [3.63, 3.8) is 0 Å². The summed E-state index contributed by atoms with van der Waals surface area (Å²) in [6, 6.07) is 15.6. The van der Waals surface area contributed by atoms with Crippen LogP contribution in [0.2, 0.25) is 0 Å². The van der Waals surface area contributed by atoms with Crippen molar-refractivity contribution < 1.29 is 9.18 Å². The Bertz CT molecular complexity index is 1080. The Morgan fingerprint density at radius 1 is 1.04 bits per heavy atom. The third-order valence-electron chi connectivity index (χ3n) is 3.84. The van der Waals surface area contributed by atoms with E-state index in [1.165, 1.54) is 30.2 Å². The van der Waals surface area contributed by atoms with Gasteiger partial charge in [0.15, 0.2) is 11.4 Å². The Morgan fingerprint density at radius 2 is 1.81 bits per heavy atom. The normalized spacial score (nSPS) is 11.0. The topological polar surface area (TPSA) is 60.7 Å². The number of aromatic nitrogens is 4. The third kappa shape index (κ3) is 3.09. The van der Waals surface area contributed by atoms with E-state index in [1.54, 1.807) is 23.0 Å². The number of hydrogen-bond acceptors (Lipinski definition) is 5. The number of halogens is 1. The summed E-state index contributed by atoms with van der Waals surface area (Å²) in [6.45, 7) is 0. The van der Waals surface area contributed by atoms with Crippen molar-refractivity contribution in [1.29, 1.82) is 0 Å². The number of para-hydroxylation sites is 1. The van der Waals surface area contributed by atoms with Crippen LogP contribution in [0.4, 0.5) is 4.39 Å². The molecule has 0 aliphatic heterocycles. The van der Waals surface area contributed by atoms with Crippen molar-refractivity contribution in [2.75, 3.05) is 5.75 Å². The molecule has 0 bridgehead atoms. The standard InChI is InChI=1S/C19H13FN4OS/c20-16-9-5-4-8-14(16)17(25)11-26-19-15-10-23-24(18(15)21-12-22-19)13-6-2-1-3-7-13/h1-10,12H,11H2. The number of benzene rings is 2. The molecule has 26 heavy (non-hydrogen) atoms. The Kier molecular flexibility index (Phi) is 4.45. The maximum atomic E-state index is 13.7. The van der Waals surface area contributed by atoms with Crippen LogP contribution in [-0.4, -0.2) is 31.3 Å². The van der Waals surface area contributed by atoms with Gasteiger partial charge in [-0.1, -0.05) is 42.1 Å². The SMILES string of the molecule is O=C(CSc1ncnc2c1cnn2-c1ccccc1)c1ccccc1F. The second-order valence-electron chi connectivity index (χ2n) is 5.50. The molecule has 5 nitrogen and oxygen atoms in total. The summed E-state index contributed by atoms with van der Waals surface area (Å²) in [5.41, 5.74) is 1.64. The monoisotopic (exact) mass is 364 g/mol. The zero-order chi connectivity index (χ0) is 17.9. The predicted molar refractivity (Wildman–Crippen MR) is 98.1 cm³/mol. The van der Waals surface area contributed by atoms with E-state index >= 15 is 0 Å². The minimum absolute atomic E-state index is 0.0869. The number of carbonyl (C=O) groups is 1. The van der Waals surface area contributed by atoms with E-state index < -0.39 is 5.82 Å². The lowest BCUT2D eigenvalue weighted by molar-refractivity contribution is 0.101. The van der Waals surface area contributed by atoms with Crippen molar-refractivity contribution >= 4 is 28.6 Å². The van der Waals surface area contributed by atoms with Crippen LogP contribution < -0.4 is 0 Å². The Labute approximate surface area is 152 Å². The van der Waals surface area contributed by atoms with Gasteiger partial charge in [0, 0.05) is 0 Å². The van der Waals surface area contributed by atoms with Crippen LogP contribution in [0.3, 0.4) is 0 Å². The van der Waals surface area contributed by atoms with Crippen molar-refractivity contribution in [2.24, 2.45) is 0 Å². The molecule has 0 radical (unpaired) electrons. The van der Waals surface area contributed by atoms with Gasteiger partial charge in [-0.3, -0.25) is 4.79 Å². The van der Waals surface area contributed by atoms with Gasteiger partial charge in [0.05, 0.1) is 28.6 Å². The maximum Gasteiger partial charge on any atom is 0.176 e. The summed E-state index contributed by atoms with van der Waals surface area (Å²) in [5, 5.41) is 5.77. The number of fused-ring (bicyclic) bond motifs is 1. The predicted octanol–water partition coefficient (Wildman–Crippen LogP) is 3.93. The van der Waals surface area contributed by atoms with Gasteiger partial charge in [-0.05, 0) is 24.3 Å². The van der Waals surface area contributed by atoms with Gasteiger partial charge >= 0.3 is 0 Å². The average Bonchev–Trinajstić information content (AvgIpc) is 3.12. The van der Waals surface area contributed by atoms with Crippen molar-refractivity contribution in [3.05, 3.63) is 78.5 Å². The van der Waals surface area contributed by atoms with Gasteiger partial charge in [0.2, 0.25) is 0 Å². The van der Waals surface area contributed by atoms with Crippen molar-refractivity contribution in [1.82, 2.24) is 19.7 Å². The number of carbonyl (C=O) groups excluding carboxylic acids is 1. The van der Waals surface area contributed by atoms with Crippen molar-refractivity contribution in [3.8, 4) is 5.69 Å². The molecule has 4 rings (SSSR count). The zero-order valence-corrected chi connectivity index (χ0v) is 14.4. The lowest BCUT2D eigenvalue weighted by Crippen LogP contribution is -2.05. The van der Waals surface area contributed by atoms with Crippen LogP contribution >= 0.6 is 11.8 Å². The molecule has 0 amide bonds. The highest BCUT2D eigenvalue weighted by Gasteiger charge is 2.15. The van der Waals surface area contributed by atoms with Crippen LogP contribution in [-0.2, 0) is 0 Å². The van der Waals surface area contributed by atoms with E-state index in [2.05, 4.69) is 15.1 Å². The lowest BCUT2D eigenvalue weighted by atomic mass is 10.1. The minimum Gasteiger partial charge on any atom is -0.293 e. The van der Waals surface area contributed by atoms with E-state index in [0.29, 0.717) is 10.7 Å². The maximum absolute atomic E-state index is 13.7. The van der Waals surface area contributed by atoms with Gasteiger partial charge < -0.3 is 0 Å². The second kappa shape index (κ2) is 7.05. The third-order valence-corrected chi connectivity index (χ3v) is 4.85. The minimum atomic E-state index is -0.511. The number of thioether (sulfide) groups is 1. The second-order valence-corrected chi connectivity index (χ2v) is 6.46. The smallest absolute Gasteiger partial charge is 0.176 e. The van der Waals surface area contributed by atoms with Gasteiger partial charge in [0.25, 0.3) is 0 Å². The Hall–Kier alpha value is -3.06. The van der Waals surface area contributed by atoms with E-state index in [9.17, 15) is 9.18 Å². The molecule has 0 saturated carbocycles. The molecule has 0 aliphatic carbocycles. The van der Waals surface area contributed by atoms with Gasteiger partial charge in [-0.15, -0.1) is 0 Å². The van der Waals surface area contributed by atoms with E-state index in [0.717, 1.165) is 11.1 Å². The average molecular weight is 364 g/mol. The summed E-state index contributed by atoms with van der Waals surface area (Å²) in [6.07, 6.45) is 3.12. The first-order valence-corrected chi connectivity index (χ1v) is 8.87. The first-order chi connectivity index (χ1) is 12.7. The molecule has 7 heteroatoms. The zero-order valence-electron chi connectivity index (χ0n) is 13.5. The Morgan fingerprint density at radius 3 is 2.62 bits per heavy atom. The summed E-state index contributed by atoms with van der Waals surface area (Å²) in [4.78, 5) is 20.8. The highest BCUT2D eigenvalue weighted by molar-refractivity contribution is 8.00. The van der Waals surface area contributed by atoms with Gasteiger partial charge in [-0.25, -0.2) is 19.0 Å².